The maximum absolute atomic E-state index is 11.9. The average molecular weight is 362 g/mol. The smallest absolute Gasteiger partial charge is 0.282 e. The fraction of sp³-hybridized carbons (Fsp3) is 0. The monoisotopic (exact) mass is 362 g/mol. The Morgan fingerprint density at radius 2 is 1.77 bits per heavy atom. The van der Waals surface area contributed by atoms with Crippen molar-refractivity contribution in [3.63, 3.8) is 0 Å². The molecule has 0 fully saturated rings. The first-order valence-corrected chi connectivity index (χ1v) is 9.18. The van der Waals surface area contributed by atoms with Gasteiger partial charge in [0.1, 0.15) is 22.0 Å². The lowest BCUT2D eigenvalue weighted by Crippen LogP contribution is -2.02. The number of hydrogen-bond donors (Lipinski definition) is 1. The lowest BCUT2D eigenvalue weighted by atomic mass is 10.0. The molecule has 0 unspecified atom stereocenters. The normalized spacial score (nSPS) is 12.3. The number of nitrogens with zero attached hydrogens (tertiary/aromatic N) is 4. The highest BCUT2D eigenvalue weighted by Gasteiger charge is 2.31. The van der Waals surface area contributed by atoms with Crippen LogP contribution in [0.15, 0.2) is 59.6 Å². The molecule has 0 saturated carbocycles. The van der Waals surface area contributed by atoms with E-state index < -0.39 is 10.1 Å². The fourth-order valence-electron chi connectivity index (χ4n) is 3.29. The first-order chi connectivity index (χ1) is 12.5. The van der Waals surface area contributed by atoms with E-state index in [9.17, 15) is 13.0 Å². The highest BCUT2D eigenvalue weighted by atomic mass is 32.2. The van der Waals surface area contributed by atoms with E-state index in [1.54, 1.807) is 24.4 Å². The zero-order chi connectivity index (χ0) is 17.9. The molecule has 0 amide bonds. The van der Waals surface area contributed by atoms with Crippen LogP contribution < -0.4 is 0 Å². The first-order valence-electron chi connectivity index (χ1n) is 7.74. The lowest BCUT2D eigenvalue weighted by Gasteiger charge is -2.06. The third kappa shape index (κ3) is 2.06. The summed E-state index contributed by atoms with van der Waals surface area (Å²) >= 11 is 0. The van der Waals surface area contributed by atoms with Gasteiger partial charge in [-0.25, -0.2) is 4.98 Å². The number of rotatable bonds is 2. The molecule has 26 heavy (non-hydrogen) atoms. The van der Waals surface area contributed by atoms with Crippen LogP contribution in [0.5, 0.6) is 0 Å². The summed E-state index contributed by atoms with van der Waals surface area (Å²) in [6.07, 6.45) is 1.64. The number of pyridine rings is 1. The van der Waals surface area contributed by atoms with Crippen LogP contribution in [0.2, 0.25) is 0 Å². The zero-order valence-electron chi connectivity index (χ0n) is 13.2. The van der Waals surface area contributed by atoms with E-state index >= 15 is 0 Å². The van der Waals surface area contributed by atoms with E-state index in [-0.39, 0.29) is 4.90 Å². The third-order valence-electron chi connectivity index (χ3n) is 4.36. The van der Waals surface area contributed by atoms with E-state index in [4.69, 9.17) is 0 Å². The van der Waals surface area contributed by atoms with Crippen LogP contribution in [0.3, 0.4) is 0 Å². The van der Waals surface area contributed by atoms with Gasteiger partial charge in [0.25, 0.3) is 10.1 Å². The van der Waals surface area contributed by atoms with Crippen molar-refractivity contribution in [1.29, 1.82) is 0 Å². The van der Waals surface area contributed by atoms with Gasteiger partial charge in [-0.15, -0.1) is 10.2 Å². The molecule has 0 spiro atoms. The first kappa shape index (κ1) is 15.1. The van der Waals surface area contributed by atoms with Gasteiger partial charge in [-0.1, -0.05) is 30.3 Å². The molecule has 0 atom stereocenters. The second-order valence-corrected chi connectivity index (χ2v) is 7.26. The van der Waals surface area contributed by atoms with Gasteiger partial charge >= 0.3 is 0 Å². The molecule has 0 saturated heterocycles. The maximum Gasteiger partial charge on any atom is 0.295 e. The summed E-state index contributed by atoms with van der Waals surface area (Å²) in [5.74, 6) is 0.350. The quantitative estimate of drug-likeness (QED) is 0.481. The molecule has 7 nitrogen and oxygen atoms in total. The number of hydrogen-bond acceptors (Lipinski definition) is 6. The second-order valence-electron chi connectivity index (χ2n) is 5.87. The van der Waals surface area contributed by atoms with E-state index in [0.29, 0.717) is 33.9 Å². The Bertz CT molecular complexity index is 1310. The molecule has 2 aromatic carbocycles. The van der Waals surface area contributed by atoms with Crippen molar-refractivity contribution in [2.45, 2.75) is 4.90 Å². The lowest BCUT2D eigenvalue weighted by molar-refractivity contribution is 0.483. The Labute approximate surface area is 148 Å². The topological polar surface area (TPSA) is 106 Å². The SMILES string of the molecule is O=S(=O)(O)c1ccc2cccc3c2c1-c1nnc(-c2ccccn2)nc1-3. The van der Waals surface area contributed by atoms with Crippen molar-refractivity contribution in [1.82, 2.24) is 20.2 Å². The second kappa shape index (κ2) is 5.13. The molecule has 5 rings (SSSR count). The van der Waals surface area contributed by atoms with Crippen LogP contribution >= 0.6 is 0 Å². The van der Waals surface area contributed by atoms with Crippen LogP contribution in [-0.4, -0.2) is 33.1 Å². The summed E-state index contributed by atoms with van der Waals surface area (Å²) in [7, 11) is -4.42. The van der Waals surface area contributed by atoms with Gasteiger partial charge in [0, 0.05) is 22.7 Å². The fourth-order valence-corrected chi connectivity index (χ4v) is 3.99. The summed E-state index contributed by atoms with van der Waals surface area (Å²) < 4.78 is 33.3. The van der Waals surface area contributed by atoms with Gasteiger partial charge in [-0.3, -0.25) is 9.54 Å². The van der Waals surface area contributed by atoms with E-state index in [2.05, 4.69) is 20.2 Å². The van der Waals surface area contributed by atoms with Gasteiger partial charge < -0.3 is 0 Å². The molecule has 2 aromatic heterocycles. The molecule has 4 aromatic rings. The molecule has 8 heteroatoms. The van der Waals surface area contributed by atoms with E-state index in [0.717, 1.165) is 10.9 Å². The molecule has 1 aliphatic carbocycles. The number of benzene rings is 2. The van der Waals surface area contributed by atoms with Gasteiger partial charge in [0.15, 0.2) is 0 Å². The molecule has 2 heterocycles. The molecule has 0 bridgehead atoms. The predicted molar refractivity (Wildman–Crippen MR) is 94.8 cm³/mol. The minimum absolute atomic E-state index is 0.196. The molecule has 1 N–H and O–H groups in total. The van der Waals surface area contributed by atoms with Crippen molar-refractivity contribution >= 4 is 20.9 Å². The van der Waals surface area contributed by atoms with Gasteiger partial charge in [-0.05, 0) is 23.6 Å². The van der Waals surface area contributed by atoms with Crippen LogP contribution in [0.25, 0.3) is 44.8 Å². The van der Waals surface area contributed by atoms with E-state index in [1.807, 2.05) is 24.3 Å². The van der Waals surface area contributed by atoms with Gasteiger partial charge in [0.2, 0.25) is 5.82 Å². The van der Waals surface area contributed by atoms with Crippen LogP contribution in [0.4, 0.5) is 0 Å². The molecular weight excluding hydrogens is 352 g/mol. The van der Waals surface area contributed by atoms with E-state index in [1.165, 1.54) is 6.07 Å². The molecular formula is C18H10N4O3S. The molecule has 1 aliphatic rings. The number of fused-ring (bicyclic) bond motifs is 3. The Morgan fingerprint density at radius 3 is 2.54 bits per heavy atom. The minimum Gasteiger partial charge on any atom is -0.282 e. The number of aromatic nitrogens is 4. The highest BCUT2D eigenvalue weighted by Crippen LogP contribution is 2.47. The van der Waals surface area contributed by atoms with Crippen molar-refractivity contribution in [3.05, 3.63) is 54.7 Å². The van der Waals surface area contributed by atoms with Crippen molar-refractivity contribution < 1.29 is 13.0 Å². The summed E-state index contributed by atoms with van der Waals surface area (Å²) in [6, 6.07) is 14.0. The predicted octanol–water partition coefficient (Wildman–Crippen LogP) is 2.98. The Balaban J connectivity index is 1.87. The molecule has 0 aliphatic heterocycles. The molecule has 126 valence electrons. The van der Waals surface area contributed by atoms with Crippen molar-refractivity contribution in [3.8, 4) is 34.0 Å². The Kier molecular flexibility index (Phi) is 2.97. The zero-order valence-corrected chi connectivity index (χ0v) is 14.0. The highest BCUT2D eigenvalue weighted by molar-refractivity contribution is 7.86. The Morgan fingerprint density at radius 1 is 0.885 bits per heavy atom. The molecule has 0 radical (unpaired) electrons. The largest absolute Gasteiger partial charge is 0.295 e. The minimum atomic E-state index is -4.42. The summed E-state index contributed by atoms with van der Waals surface area (Å²) in [4.78, 5) is 8.61. The van der Waals surface area contributed by atoms with Crippen LogP contribution in [-0.2, 0) is 10.1 Å². The van der Waals surface area contributed by atoms with Crippen molar-refractivity contribution in [2.24, 2.45) is 0 Å². The van der Waals surface area contributed by atoms with Gasteiger partial charge in [-0.2, -0.15) is 8.42 Å². The van der Waals surface area contributed by atoms with Crippen LogP contribution in [0.1, 0.15) is 0 Å². The Hall–Kier alpha value is -3.23. The average Bonchev–Trinajstić information content (AvgIpc) is 2.98. The summed E-state index contributed by atoms with van der Waals surface area (Å²) in [5, 5.41) is 9.86. The summed E-state index contributed by atoms with van der Waals surface area (Å²) in [5.41, 5.74) is 2.52. The third-order valence-corrected chi connectivity index (χ3v) is 5.25. The van der Waals surface area contributed by atoms with Crippen molar-refractivity contribution in [2.75, 3.05) is 0 Å². The van der Waals surface area contributed by atoms with Gasteiger partial charge in [0.05, 0.1) is 0 Å². The van der Waals surface area contributed by atoms with Crippen LogP contribution in [0, 0.1) is 0 Å². The summed E-state index contributed by atoms with van der Waals surface area (Å²) in [6.45, 7) is 0. The maximum atomic E-state index is 11.9. The standard InChI is InChI=1S/C18H10N4O3S/c23-26(24,25)13-8-7-10-4-3-5-11-14(10)15(13)17-16(11)20-18(22-21-17)12-6-1-2-9-19-12/h1-9H,(H,23,24,25).